The highest BCUT2D eigenvalue weighted by atomic mass is 14.9. The fourth-order valence-electron chi connectivity index (χ4n) is 4.48. The van der Waals surface area contributed by atoms with E-state index in [-0.39, 0.29) is 0 Å². The topological polar surface area (TPSA) is 12.0 Å². The zero-order valence-electron chi connectivity index (χ0n) is 12.4. The van der Waals surface area contributed by atoms with Gasteiger partial charge in [-0.3, -0.25) is 0 Å². The first-order valence-electron chi connectivity index (χ1n) is 7.93. The van der Waals surface area contributed by atoms with Crippen LogP contribution in [-0.4, -0.2) is 12.6 Å². The van der Waals surface area contributed by atoms with E-state index in [1.807, 2.05) is 0 Å². The minimum Gasteiger partial charge on any atom is -0.314 e. The van der Waals surface area contributed by atoms with E-state index in [2.05, 4.69) is 49.5 Å². The lowest BCUT2D eigenvalue weighted by molar-refractivity contribution is 0.0258. The Balaban J connectivity index is 1.78. The molecule has 3 rings (SSSR count). The van der Waals surface area contributed by atoms with E-state index in [0.29, 0.717) is 16.9 Å². The van der Waals surface area contributed by atoms with Gasteiger partial charge in [-0.25, -0.2) is 0 Å². The fraction of sp³-hybridized carbons (Fsp3) is 0.667. The molecule has 1 nitrogen and oxygen atoms in total. The molecular weight excluding hydrogens is 230 g/mol. The summed E-state index contributed by atoms with van der Waals surface area (Å²) in [4.78, 5) is 0. The maximum atomic E-state index is 3.69. The molecule has 0 saturated heterocycles. The van der Waals surface area contributed by atoms with Crippen molar-refractivity contribution in [3.63, 3.8) is 0 Å². The molecule has 2 aliphatic carbocycles. The summed E-state index contributed by atoms with van der Waals surface area (Å²) in [5.74, 6) is 0. The van der Waals surface area contributed by atoms with Gasteiger partial charge in [-0.2, -0.15) is 0 Å². The fourth-order valence-corrected chi connectivity index (χ4v) is 4.48. The molecule has 1 spiro atoms. The number of nitrogens with one attached hydrogen (secondary N) is 1. The average Bonchev–Trinajstić information content (AvgIpc) is 2.85. The number of hydrogen-bond acceptors (Lipinski definition) is 1. The lowest BCUT2D eigenvalue weighted by Gasteiger charge is -2.56. The Kier molecular flexibility index (Phi) is 3.42. The van der Waals surface area contributed by atoms with Crippen LogP contribution >= 0.6 is 0 Å². The van der Waals surface area contributed by atoms with Gasteiger partial charge in [0.1, 0.15) is 0 Å². The van der Waals surface area contributed by atoms with Crippen molar-refractivity contribution in [1.29, 1.82) is 0 Å². The summed E-state index contributed by atoms with van der Waals surface area (Å²) in [5, 5.41) is 3.69. The second-order valence-corrected chi connectivity index (χ2v) is 7.24. The SMILES string of the molecule is CC(C)NCC1(c2ccccc2)CC2(CCCC2)C1. The molecule has 19 heavy (non-hydrogen) atoms. The highest BCUT2D eigenvalue weighted by Gasteiger charge is 2.55. The van der Waals surface area contributed by atoms with Crippen molar-refractivity contribution in [2.24, 2.45) is 5.41 Å². The van der Waals surface area contributed by atoms with Crippen LogP contribution in [0.2, 0.25) is 0 Å². The zero-order chi connectivity index (χ0) is 13.3. The normalized spacial score (nSPS) is 23.7. The molecule has 1 heteroatoms. The van der Waals surface area contributed by atoms with Gasteiger partial charge in [0.15, 0.2) is 0 Å². The van der Waals surface area contributed by atoms with Crippen molar-refractivity contribution in [2.75, 3.05) is 6.54 Å². The van der Waals surface area contributed by atoms with Crippen LogP contribution in [0.5, 0.6) is 0 Å². The van der Waals surface area contributed by atoms with Crippen molar-refractivity contribution in [2.45, 2.75) is 63.8 Å². The van der Waals surface area contributed by atoms with Crippen LogP contribution in [0, 0.1) is 5.41 Å². The molecule has 104 valence electrons. The highest BCUT2D eigenvalue weighted by Crippen LogP contribution is 2.62. The predicted octanol–water partition coefficient (Wildman–Crippen LogP) is 4.28. The molecule has 2 fully saturated rings. The molecule has 0 heterocycles. The summed E-state index contributed by atoms with van der Waals surface area (Å²) in [5.41, 5.74) is 2.67. The Bertz CT molecular complexity index is 407. The second-order valence-electron chi connectivity index (χ2n) is 7.24. The molecule has 1 aromatic carbocycles. The number of benzene rings is 1. The Labute approximate surface area is 117 Å². The molecule has 0 atom stereocenters. The first kappa shape index (κ1) is 13.2. The lowest BCUT2D eigenvalue weighted by atomic mass is 9.49. The molecule has 2 aliphatic rings. The zero-order valence-corrected chi connectivity index (χ0v) is 12.4. The van der Waals surface area contributed by atoms with Gasteiger partial charge in [0, 0.05) is 18.0 Å². The Hall–Kier alpha value is -0.820. The molecule has 0 unspecified atom stereocenters. The van der Waals surface area contributed by atoms with Crippen LogP contribution in [0.15, 0.2) is 30.3 Å². The summed E-state index contributed by atoms with van der Waals surface area (Å²) in [7, 11) is 0. The molecule has 1 aromatic rings. The molecular formula is C18H27N. The van der Waals surface area contributed by atoms with Crippen LogP contribution in [0.4, 0.5) is 0 Å². The molecule has 0 bridgehead atoms. The van der Waals surface area contributed by atoms with Gasteiger partial charge in [-0.1, -0.05) is 57.0 Å². The van der Waals surface area contributed by atoms with Crippen LogP contribution in [0.1, 0.15) is 57.9 Å². The van der Waals surface area contributed by atoms with Gasteiger partial charge in [0.05, 0.1) is 0 Å². The first-order valence-corrected chi connectivity index (χ1v) is 7.93. The largest absolute Gasteiger partial charge is 0.314 e. The molecule has 0 aliphatic heterocycles. The third kappa shape index (κ3) is 2.45. The number of hydrogen-bond donors (Lipinski definition) is 1. The van der Waals surface area contributed by atoms with E-state index >= 15 is 0 Å². The van der Waals surface area contributed by atoms with Gasteiger partial charge < -0.3 is 5.32 Å². The van der Waals surface area contributed by atoms with Crippen molar-refractivity contribution < 1.29 is 0 Å². The maximum absolute atomic E-state index is 3.69. The van der Waals surface area contributed by atoms with Gasteiger partial charge in [0.2, 0.25) is 0 Å². The summed E-state index contributed by atoms with van der Waals surface area (Å²) in [6, 6.07) is 11.8. The van der Waals surface area contributed by atoms with Crippen LogP contribution < -0.4 is 5.32 Å². The summed E-state index contributed by atoms with van der Waals surface area (Å²) in [6.07, 6.45) is 8.69. The van der Waals surface area contributed by atoms with E-state index < -0.39 is 0 Å². The standard InChI is InChI=1S/C18H27N/c1-15(2)19-14-18(16-8-4-3-5-9-16)12-17(13-18)10-6-7-11-17/h3-5,8-9,15,19H,6-7,10-14H2,1-2H3. The number of rotatable bonds is 4. The minimum atomic E-state index is 0.413. The van der Waals surface area contributed by atoms with E-state index in [0.717, 1.165) is 6.54 Å². The molecule has 0 aromatic heterocycles. The third-order valence-corrected chi connectivity index (χ3v) is 5.33. The molecule has 1 N–H and O–H groups in total. The third-order valence-electron chi connectivity index (χ3n) is 5.33. The van der Waals surface area contributed by atoms with E-state index in [4.69, 9.17) is 0 Å². The van der Waals surface area contributed by atoms with Gasteiger partial charge in [-0.15, -0.1) is 0 Å². The maximum Gasteiger partial charge on any atom is 0.00884 e. The summed E-state index contributed by atoms with van der Waals surface area (Å²) >= 11 is 0. The second kappa shape index (κ2) is 4.94. The van der Waals surface area contributed by atoms with Crippen molar-refractivity contribution in [3.8, 4) is 0 Å². The van der Waals surface area contributed by atoms with E-state index in [1.54, 1.807) is 5.56 Å². The van der Waals surface area contributed by atoms with Gasteiger partial charge in [0.25, 0.3) is 0 Å². The Morgan fingerprint density at radius 2 is 1.68 bits per heavy atom. The van der Waals surface area contributed by atoms with E-state index in [9.17, 15) is 0 Å². The van der Waals surface area contributed by atoms with Crippen molar-refractivity contribution in [1.82, 2.24) is 5.32 Å². The van der Waals surface area contributed by atoms with Crippen LogP contribution in [0.25, 0.3) is 0 Å². The average molecular weight is 257 g/mol. The van der Waals surface area contributed by atoms with Crippen molar-refractivity contribution >= 4 is 0 Å². The van der Waals surface area contributed by atoms with Crippen molar-refractivity contribution in [3.05, 3.63) is 35.9 Å². The molecule has 0 amide bonds. The van der Waals surface area contributed by atoms with Gasteiger partial charge in [-0.05, 0) is 36.7 Å². The van der Waals surface area contributed by atoms with Crippen LogP contribution in [-0.2, 0) is 5.41 Å². The molecule has 2 saturated carbocycles. The Morgan fingerprint density at radius 1 is 1.05 bits per heavy atom. The predicted molar refractivity (Wildman–Crippen MR) is 81.4 cm³/mol. The quantitative estimate of drug-likeness (QED) is 0.849. The summed E-state index contributed by atoms with van der Waals surface area (Å²) < 4.78 is 0. The van der Waals surface area contributed by atoms with Crippen LogP contribution in [0.3, 0.4) is 0 Å². The summed E-state index contributed by atoms with van der Waals surface area (Å²) in [6.45, 7) is 5.65. The van der Waals surface area contributed by atoms with E-state index in [1.165, 1.54) is 38.5 Å². The smallest absolute Gasteiger partial charge is 0.00884 e. The van der Waals surface area contributed by atoms with Gasteiger partial charge >= 0.3 is 0 Å². The molecule has 0 radical (unpaired) electrons. The minimum absolute atomic E-state index is 0.413. The monoisotopic (exact) mass is 257 g/mol. The lowest BCUT2D eigenvalue weighted by Crippen LogP contribution is -2.54. The highest BCUT2D eigenvalue weighted by molar-refractivity contribution is 5.32. The first-order chi connectivity index (χ1) is 9.14. The Morgan fingerprint density at radius 3 is 2.26 bits per heavy atom.